The van der Waals surface area contributed by atoms with Gasteiger partial charge in [0.05, 0.1) is 12.2 Å². The van der Waals surface area contributed by atoms with Crippen LogP contribution in [-0.2, 0) is 25.6 Å². The van der Waals surface area contributed by atoms with E-state index in [1.165, 1.54) is 10.8 Å². The number of nitrogens with zero attached hydrogens (tertiary/aromatic N) is 3. The van der Waals surface area contributed by atoms with Gasteiger partial charge in [0, 0.05) is 11.9 Å². The summed E-state index contributed by atoms with van der Waals surface area (Å²) in [4.78, 5) is 7.83. The molecule has 1 aliphatic carbocycles. The lowest BCUT2D eigenvalue weighted by atomic mass is 10.0. The average molecular weight is 330 g/mol. The van der Waals surface area contributed by atoms with Gasteiger partial charge in [-0.05, 0) is 49.8 Å². The normalized spacial score (nSPS) is 15.0. The maximum atomic E-state index is 13.3. The van der Waals surface area contributed by atoms with Crippen molar-refractivity contribution in [3.8, 4) is 0 Å². The summed E-state index contributed by atoms with van der Waals surface area (Å²) < 4.78 is 41.1. The summed E-state index contributed by atoms with van der Waals surface area (Å²) in [6, 6.07) is 1.66. The SMILES string of the molecule is Cc1cc(Cl)ncc1Cn1c(C(F)(F)F)nc2c1CCCC2. The second-order valence-corrected chi connectivity index (χ2v) is 5.94. The molecule has 0 atom stereocenters. The molecular formula is C15H15ClF3N3. The minimum absolute atomic E-state index is 0.118. The van der Waals surface area contributed by atoms with Crippen LogP contribution in [0.15, 0.2) is 12.3 Å². The van der Waals surface area contributed by atoms with Crippen LogP contribution < -0.4 is 0 Å². The topological polar surface area (TPSA) is 30.7 Å². The Kier molecular flexibility index (Phi) is 3.89. The van der Waals surface area contributed by atoms with Gasteiger partial charge in [0.2, 0.25) is 5.82 Å². The van der Waals surface area contributed by atoms with Gasteiger partial charge in [-0.1, -0.05) is 11.6 Å². The van der Waals surface area contributed by atoms with Gasteiger partial charge >= 0.3 is 6.18 Å². The number of imidazole rings is 1. The van der Waals surface area contributed by atoms with E-state index in [1.807, 2.05) is 6.92 Å². The highest BCUT2D eigenvalue weighted by Gasteiger charge is 2.39. The summed E-state index contributed by atoms with van der Waals surface area (Å²) in [5.41, 5.74) is 2.83. The van der Waals surface area contributed by atoms with E-state index < -0.39 is 12.0 Å². The molecular weight excluding hydrogens is 315 g/mol. The van der Waals surface area contributed by atoms with Crippen LogP contribution >= 0.6 is 11.6 Å². The first-order valence-corrected chi connectivity index (χ1v) is 7.50. The second-order valence-electron chi connectivity index (χ2n) is 5.55. The Labute approximate surface area is 131 Å². The molecule has 3 nitrogen and oxygen atoms in total. The van der Waals surface area contributed by atoms with Crippen LogP contribution in [0.4, 0.5) is 13.2 Å². The molecule has 118 valence electrons. The fourth-order valence-electron chi connectivity index (χ4n) is 2.87. The minimum atomic E-state index is -4.45. The van der Waals surface area contributed by atoms with Crippen molar-refractivity contribution in [2.45, 2.75) is 45.3 Å². The summed E-state index contributed by atoms with van der Waals surface area (Å²) in [5, 5.41) is 0.338. The largest absolute Gasteiger partial charge is 0.449 e. The predicted molar refractivity (Wildman–Crippen MR) is 77.0 cm³/mol. The van der Waals surface area contributed by atoms with Crippen molar-refractivity contribution >= 4 is 11.6 Å². The molecule has 0 amide bonds. The van der Waals surface area contributed by atoms with E-state index in [2.05, 4.69) is 9.97 Å². The van der Waals surface area contributed by atoms with E-state index in [1.54, 1.807) is 6.07 Å². The van der Waals surface area contributed by atoms with Crippen LogP contribution in [-0.4, -0.2) is 14.5 Å². The zero-order chi connectivity index (χ0) is 15.9. The van der Waals surface area contributed by atoms with Crippen molar-refractivity contribution in [1.82, 2.24) is 14.5 Å². The van der Waals surface area contributed by atoms with Crippen molar-refractivity contribution in [2.24, 2.45) is 0 Å². The summed E-state index contributed by atoms with van der Waals surface area (Å²) in [7, 11) is 0. The number of aryl methyl sites for hydroxylation is 2. The van der Waals surface area contributed by atoms with Crippen molar-refractivity contribution in [1.29, 1.82) is 0 Å². The number of fused-ring (bicyclic) bond motifs is 1. The lowest BCUT2D eigenvalue weighted by Gasteiger charge is -2.17. The van der Waals surface area contributed by atoms with Gasteiger partial charge in [-0.25, -0.2) is 9.97 Å². The summed E-state index contributed by atoms with van der Waals surface area (Å²) in [6.45, 7) is 1.94. The molecule has 0 fully saturated rings. The van der Waals surface area contributed by atoms with Gasteiger partial charge in [0.1, 0.15) is 5.15 Å². The molecule has 0 N–H and O–H groups in total. The smallest absolute Gasteiger partial charge is 0.320 e. The number of hydrogen-bond donors (Lipinski definition) is 0. The van der Waals surface area contributed by atoms with Crippen LogP contribution in [0, 0.1) is 6.92 Å². The van der Waals surface area contributed by atoms with Crippen LogP contribution in [0.5, 0.6) is 0 Å². The molecule has 3 rings (SSSR count). The lowest BCUT2D eigenvalue weighted by molar-refractivity contribution is -0.147. The van der Waals surface area contributed by atoms with E-state index in [0.29, 0.717) is 29.4 Å². The van der Waals surface area contributed by atoms with Crippen molar-refractivity contribution in [2.75, 3.05) is 0 Å². The maximum absolute atomic E-state index is 13.3. The monoisotopic (exact) mass is 329 g/mol. The molecule has 0 aromatic carbocycles. The van der Waals surface area contributed by atoms with Crippen LogP contribution in [0.1, 0.15) is 41.2 Å². The van der Waals surface area contributed by atoms with E-state index in [0.717, 1.165) is 24.0 Å². The Bertz CT molecular complexity index is 707. The summed E-state index contributed by atoms with van der Waals surface area (Å²) in [5.74, 6) is -0.811. The standard InChI is InChI=1S/C15H15ClF3N3/c1-9-6-13(16)20-7-10(9)8-22-12-5-3-2-4-11(12)21-14(22)15(17,18)19/h6-7H,2-5,8H2,1H3. The minimum Gasteiger partial charge on any atom is -0.320 e. The maximum Gasteiger partial charge on any atom is 0.449 e. The summed E-state index contributed by atoms with van der Waals surface area (Å²) >= 11 is 5.81. The Morgan fingerprint density at radius 3 is 2.68 bits per heavy atom. The second kappa shape index (κ2) is 5.57. The van der Waals surface area contributed by atoms with Crippen molar-refractivity contribution in [3.05, 3.63) is 45.8 Å². The highest BCUT2D eigenvalue weighted by atomic mass is 35.5. The van der Waals surface area contributed by atoms with Crippen molar-refractivity contribution < 1.29 is 13.2 Å². The van der Waals surface area contributed by atoms with Crippen molar-refractivity contribution in [3.63, 3.8) is 0 Å². The molecule has 22 heavy (non-hydrogen) atoms. The fraction of sp³-hybridized carbons (Fsp3) is 0.467. The highest BCUT2D eigenvalue weighted by molar-refractivity contribution is 6.29. The van der Waals surface area contributed by atoms with E-state index in [9.17, 15) is 13.2 Å². The average Bonchev–Trinajstić information content (AvgIpc) is 2.81. The molecule has 0 bridgehead atoms. The zero-order valence-electron chi connectivity index (χ0n) is 12.0. The molecule has 0 saturated heterocycles. The van der Waals surface area contributed by atoms with E-state index >= 15 is 0 Å². The Hall–Kier alpha value is -1.56. The molecule has 0 saturated carbocycles. The molecule has 2 aromatic rings. The Balaban J connectivity index is 2.06. The first kappa shape index (κ1) is 15.3. The van der Waals surface area contributed by atoms with E-state index in [-0.39, 0.29) is 6.54 Å². The van der Waals surface area contributed by atoms with Gasteiger partial charge in [0.15, 0.2) is 0 Å². The third-order valence-corrected chi connectivity index (χ3v) is 4.21. The first-order valence-electron chi connectivity index (χ1n) is 7.13. The van der Waals surface area contributed by atoms with Gasteiger partial charge in [-0.2, -0.15) is 13.2 Å². The molecule has 0 spiro atoms. The number of hydrogen-bond acceptors (Lipinski definition) is 2. The van der Waals surface area contributed by atoms with E-state index in [4.69, 9.17) is 11.6 Å². The number of aromatic nitrogens is 3. The Morgan fingerprint density at radius 2 is 2.00 bits per heavy atom. The molecule has 0 aliphatic heterocycles. The third-order valence-electron chi connectivity index (χ3n) is 4.00. The van der Waals surface area contributed by atoms with Gasteiger partial charge in [-0.3, -0.25) is 0 Å². The first-order chi connectivity index (χ1) is 10.4. The summed E-state index contributed by atoms with van der Waals surface area (Å²) in [6.07, 6.45) is 0.122. The molecule has 2 heterocycles. The number of rotatable bonds is 2. The number of halogens is 4. The number of pyridine rings is 1. The Morgan fingerprint density at radius 1 is 1.27 bits per heavy atom. The van der Waals surface area contributed by atoms with Gasteiger partial charge in [0.25, 0.3) is 0 Å². The molecule has 0 unspecified atom stereocenters. The lowest BCUT2D eigenvalue weighted by Crippen LogP contribution is -2.18. The highest BCUT2D eigenvalue weighted by Crippen LogP contribution is 2.33. The molecule has 2 aromatic heterocycles. The molecule has 0 radical (unpaired) electrons. The van der Waals surface area contributed by atoms with Gasteiger partial charge < -0.3 is 4.57 Å². The molecule has 1 aliphatic rings. The van der Waals surface area contributed by atoms with Crippen LogP contribution in [0.2, 0.25) is 5.15 Å². The quantitative estimate of drug-likeness (QED) is 0.774. The predicted octanol–water partition coefficient (Wildman–Crippen LogP) is 4.19. The third kappa shape index (κ3) is 2.84. The number of alkyl halides is 3. The fourth-order valence-corrected chi connectivity index (χ4v) is 3.09. The zero-order valence-corrected chi connectivity index (χ0v) is 12.8. The van der Waals surface area contributed by atoms with Crippen LogP contribution in [0.25, 0.3) is 0 Å². The molecule has 7 heteroatoms. The van der Waals surface area contributed by atoms with Crippen LogP contribution in [0.3, 0.4) is 0 Å². The van der Waals surface area contributed by atoms with Gasteiger partial charge in [-0.15, -0.1) is 0 Å².